The van der Waals surface area contributed by atoms with Crippen molar-refractivity contribution in [2.24, 2.45) is 0 Å². The van der Waals surface area contributed by atoms with Crippen LogP contribution in [0.25, 0.3) is 0 Å². The molecular formula is C17H31O4PSi. The van der Waals surface area contributed by atoms with Crippen LogP contribution in [0.5, 0.6) is 0 Å². The molecule has 1 rings (SSSR count). The summed E-state index contributed by atoms with van der Waals surface area (Å²) in [6.07, 6.45) is 0. The normalized spacial score (nSPS) is 14.1. The standard InChI is InChI=1S/C17H31O4PSi/c1-9-19-22(18,20-10-2)17(21-23(6,7)8)16-14(4)11-13(3)12-15(16)5/h11-12,17H,9-10H2,1-8H3. The van der Waals surface area contributed by atoms with E-state index in [0.717, 1.165) is 16.7 Å². The molecule has 0 spiro atoms. The molecule has 0 aliphatic carbocycles. The van der Waals surface area contributed by atoms with Gasteiger partial charge in [-0.15, -0.1) is 0 Å². The third-order valence-electron chi connectivity index (χ3n) is 3.36. The topological polar surface area (TPSA) is 44.8 Å². The molecule has 0 amide bonds. The zero-order valence-electron chi connectivity index (χ0n) is 15.7. The highest BCUT2D eigenvalue weighted by molar-refractivity contribution is 7.54. The zero-order chi connectivity index (χ0) is 17.8. The van der Waals surface area contributed by atoms with Gasteiger partial charge >= 0.3 is 7.60 Å². The predicted molar refractivity (Wildman–Crippen MR) is 98.7 cm³/mol. The Labute approximate surface area is 142 Å². The van der Waals surface area contributed by atoms with E-state index in [0.29, 0.717) is 13.2 Å². The molecular weight excluding hydrogens is 327 g/mol. The second-order valence-corrected chi connectivity index (χ2v) is 13.3. The lowest BCUT2D eigenvalue weighted by molar-refractivity contribution is 0.158. The molecule has 0 fully saturated rings. The Morgan fingerprint density at radius 3 is 1.78 bits per heavy atom. The number of aryl methyl sites for hydroxylation is 3. The Hall–Kier alpha value is -0.453. The third-order valence-corrected chi connectivity index (χ3v) is 6.67. The SMILES string of the molecule is CCOP(=O)(OCC)C(O[Si](C)(C)C)c1c(C)cc(C)cc1C. The molecule has 1 aromatic rings. The first-order chi connectivity index (χ1) is 10.5. The fourth-order valence-electron chi connectivity index (χ4n) is 2.73. The first kappa shape index (κ1) is 20.6. The Kier molecular flexibility index (Phi) is 7.24. The van der Waals surface area contributed by atoms with Gasteiger partial charge in [-0.05, 0) is 71.0 Å². The van der Waals surface area contributed by atoms with Gasteiger partial charge in [-0.2, -0.15) is 0 Å². The van der Waals surface area contributed by atoms with Gasteiger partial charge in [-0.3, -0.25) is 4.57 Å². The summed E-state index contributed by atoms with van der Waals surface area (Å²) in [5.74, 6) is -0.672. The molecule has 0 saturated carbocycles. The lowest BCUT2D eigenvalue weighted by Gasteiger charge is -2.33. The molecule has 0 heterocycles. The first-order valence-corrected chi connectivity index (χ1v) is 13.2. The van der Waals surface area contributed by atoms with Gasteiger partial charge in [0, 0.05) is 0 Å². The summed E-state index contributed by atoms with van der Waals surface area (Å²) in [4.78, 5) is 0. The van der Waals surface area contributed by atoms with E-state index in [9.17, 15) is 4.57 Å². The molecule has 6 heteroatoms. The Morgan fingerprint density at radius 2 is 1.43 bits per heavy atom. The van der Waals surface area contributed by atoms with Crippen LogP contribution in [0.15, 0.2) is 12.1 Å². The molecule has 1 unspecified atom stereocenters. The van der Waals surface area contributed by atoms with Gasteiger partial charge in [0.15, 0.2) is 14.2 Å². The van der Waals surface area contributed by atoms with Crippen LogP contribution < -0.4 is 0 Å². The van der Waals surface area contributed by atoms with Gasteiger partial charge in [-0.1, -0.05) is 17.7 Å². The van der Waals surface area contributed by atoms with Gasteiger partial charge < -0.3 is 13.5 Å². The summed E-state index contributed by atoms with van der Waals surface area (Å²) in [6, 6.07) is 4.18. The molecule has 0 aliphatic heterocycles. The van der Waals surface area contributed by atoms with E-state index in [1.54, 1.807) is 0 Å². The van der Waals surface area contributed by atoms with Crippen LogP contribution in [0.1, 0.15) is 41.9 Å². The molecule has 1 aromatic carbocycles. The minimum Gasteiger partial charge on any atom is -0.400 e. The minimum absolute atomic E-state index is 0.326. The van der Waals surface area contributed by atoms with Gasteiger partial charge in [0.25, 0.3) is 0 Å². The van der Waals surface area contributed by atoms with Crippen LogP contribution in [0.4, 0.5) is 0 Å². The van der Waals surface area contributed by atoms with Crippen LogP contribution in [0.2, 0.25) is 19.6 Å². The van der Waals surface area contributed by atoms with E-state index in [4.69, 9.17) is 13.5 Å². The first-order valence-electron chi connectivity index (χ1n) is 8.18. The van der Waals surface area contributed by atoms with E-state index in [1.165, 1.54) is 5.56 Å². The van der Waals surface area contributed by atoms with Crippen molar-refractivity contribution >= 4 is 15.9 Å². The quantitative estimate of drug-likeness (QED) is 0.440. The van der Waals surface area contributed by atoms with Crippen molar-refractivity contribution in [3.8, 4) is 0 Å². The summed E-state index contributed by atoms with van der Waals surface area (Å²) < 4.78 is 31.0. The second kappa shape index (κ2) is 8.08. The zero-order valence-corrected chi connectivity index (χ0v) is 17.6. The lowest BCUT2D eigenvalue weighted by Crippen LogP contribution is -2.29. The van der Waals surface area contributed by atoms with Crippen molar-refractivity contribution in [1.82, 2.24) is 0 Å². The monoisotopic (exact) mass is 358 g/mol. The summed E-state index contributed by atoms with van der Waals surface area (Å²) >= 11 is 0. The van der Waals surface area contributed by atoms with Crippen LogP contribution in [0, 0.1) is 20.8 Å². The van der Waals surface area contributed by atoms with E-state index in [-0.39, 0.29) is 0 Å². The molecule has 0 N–H and O–H groups in total. The maximum atomic E-state index is 13.4. The van der Waals surface area contributed by atoms with Crippen LogP contribution >= 0.6 is 7.60 Å². The van der Waals surface area contributed by atoms with Gasteiger partial charge in [0.1, 0.15) is 0 Å². The highest BCUT2D eigenvalue weighted by Gasteiger charge is 2.42. The van der Waals surface area contributed by atoms with Crippen molar-refractivity contribution in [3.05, 3.63) is 34.4 Å². The molecule has 0 bridgehead atoms. The van der Waals surface area contributed by atoms with Crippen LogP contribution in [-0.4, -0.2) is 21.5 Å². The maximum Gasteiger partial charge on any atom is 0.362 e. The number of benzene rings is 1. The van der Waals surface area contributed by atoms with Gasteiger partial charge in [-0.25, -0.2) is 0 Å². The minimum atomic E-state index is -3.40. The third kappa shape index (κ3) is 5.54. The van der Waals surface area contributed by atoms with E-state index in [2.05, 4.69) is 38.7 Å². The van der Waals surface area contributed by atoms with Crippen molar-refractivity contribution < 1.29 is 18.0 Å². The Bertz CT molecular complexity index is 547. The number of hydrogen-bond acceptors (Lipinski definition) is 4. The van der Waals surface area contributed by atoms with Gasteiger partial charge in [0.05, 0.1) is 13.2 Å². The molecule has 0 saturated heterocycles. The second-order valence-electron chi connectivity index (χ2n) is 6.77. The van der Waals surface area contributed by atoms with Crippen molar-refractivity contribution in [2.75, 3.05) is 13.2 Å². The maximum absolute atomic E-state index is 13.4. The van der Waals surface area contributed by atoms with Crippen LogP contribution in [0.3, 0.4) is 0 Å². The highest BCUT2D eigenvalue weighted by Crippen LogP contribution is 2.63. The van der Waals surface area contributed by atoms with E-state index < -0.39 is 21.8 Å². The molecule has 4 nitrogen and oxygen atoms in total. The largest absolute Gasteiger partial charge is 0.400 e. The summed E-state index contributed by atoms with van der Waals surface area (Å²) in [5.41, 5.74) is 4.23. The molecule has 1 atom stereocenters. The molecule has 0 aliphatic rings. The average molecular weight is 358 g/mol. The lowest BCUT2D eigenvalue weighted by atomic mass is 10.0. The average Bonchev–Trinajstić information content (AvgIpc) is 2.35. The van der Waals surface area contributed by atoms with Crippen molar-refractivity contribution in [2.45, 2.75) is 60.1 Å². The summed E-state index contributed by atoms with van der Waals surface area (Å²) in [7, 11) is -5.37. The fraction of sp³-hybridized carbons (Fsp3) is 0.647. The number of rotatable bonds is 8. The van der Waals surface area contributed by atoms with E-state index >= 15 is 0 Å². The molecule has 0 aromatic heterocycles. The molecule has 132 valence electrons. The molecule has 0 radical (unpaired) electrons. The van der Waals surface area contributed by atoms with Gasteiger partial charge in [0.2, 0.25) is 0 Å². The fourth-order valence-corrected chi connectivity index (χ4v) is 6.77. The molecule has 23 heavy (non-hydrogen) atoms. The predicted octanol–water partition coefficient (Wildman–Crippen LogP) is 5.73. The van der Waals surface area contributed by atoms with E-state index in [1.807, 2.05) is 27.7 Å². The van der Waals surface area contributed by atoms with Crippen LogP contribution in [-0.2, 0) is 18.0 Å². The Balaban J connectivity index is 3.50. The summed E-state index contributed by atoms with van der Waals surface area (Å²) in [5, 5.41) is 0. The smallest absolute Gasteiger partial charge is 0.362 e. The van der Waals surface area contributed by atoms with Crippen molar-refractivity contribution in [1.29, 1.82) is 0 Å². The highest BCUT2D eigenvalue weighted by atomic mass is 31.2. The summed E-state index contributed by atoms with van der Waals surface area (Å²) in [6.45, 7) is 16.7. The Morgan fingerprint density at radius 1 is 1.00 bits per heavy atom. The van der Waals surface area contributed by atoms with Crippen molar-refractivity contribution in [3.63, 3.8) is 0 Å². The number of hydrogen-bond donors (Lipinski definition) is 0.